The molecular formula is C132H81N15O2S. The molecule has 33 rings (SSSR count). The number of rotatable bonds is 8. The molecule has 1 aliphatic carbocycles. The van der Waals surface area contributed by atoms with Crippen LogP contribution in [0.3, 0.4) is 0 Å². The first-order chi connectivity index (χ1) is 74.1. The second kappa shape index (κ2) is 34.1. The third-order valence-corrected chi connectivity index (χ3v) is 30.8. The smallest absolute Gasteiger partial charge is 0.238 e. The molecule has 0 amide bonds. The average molecular weight is 1940 g/mol. The highest BCUT2D eigenvalue weighted by Crippen LogP contribution is 2.53. The van der Waals surface area contributed by atoms with Crippen molar-refractivity contribution in [3.8, 4) is 80.1 Å². The van der Waals surface area contributed by atoms with Crippen molar-refractivity contribution < 1.29 is 8.83 Å². The number of para-hydroxylation sites is 6. The summed E-state index contributed by atoms with van der Waals surface area (Å²) in [5.74, 6) is 2.53. The zero-order valence-electron chi connectivity index (χ0n) is 80.7. The molecule has 18 aromatic carbocycles. The highest BCUT2D eigenvalue weighted by atomic mass is 32.1. The highest BCUT2D eigenvalue weighted by molar-refractivity contribution is 7.25. The van der Waals surface area contributed by atoms with Crippen LogP contribution in [0.1, 0.15) is 25.1 Å². The van der Waals surface area contributed by atoms with Crippen LogP contribution in [0.2, 0.25) is 0 Å². The fourth-order valence-electron chi connectivity index (χ4n) is 22.9. The molecule has 0 spiro atoms. The van der Waals surface area contributed by atoms with Crippen molar-refractivity contribution in [3.05, 3.63) is 467 Å². The SMILES string of the molecule is CC1(C)c2ccccc2-c2c(-c3ccncc3)nc(-n3c4ccccc4c4cc5ccccc5cc43)nc21.c1ccc(-c2nc(-n3c4ccccc4c4cc5ccccc5cc43)nc3oc4ccccc4c23)cc1.c1ccc(-c2nc(-n3c4ccccc4c4cc5ccccc5cc43)nc3sc4ccccc4c23)nc1.c1ccc2cc3c(cc2c1)c1ccccc1n3-c1nc(-c2ccc3ncccc3c2)c2c(n1)oc1ccccc12. The number of aromatic nitrogens is 15. The summed E-state index contributed by atoms with van der Waals surface area (Å²) in [5.41, 5.74) is 24.2. The van der Waals surface area contributed by atoms with E-state index in [-0.39, 0.29) is 5.41 Å². The normalized spacial score (nSPS) is 12.4. The standard InChI is InChI=1S/C35H20N4O.C34H24N4.C32H19N3O.C31H18N4S/c1-2-9-22-20-30-27(19-21(22)8-1)25-11-3-5-13-29(25)39(30)35-37-33(24-15-16-28-23(18-24)10-7-17-36-28)32-26-12-4-6-14-31(26)40-34(32)38-35;1-34(2)27-13-7-5-12-25(27)30-31(21-15-17-35-18-16-21)36-33(37-32(30)34)38-28-14-8-6-11-24(28)26-19-22-9-3-4-10-23(22)20-29(26)38;1-2-10-20(11-3-1)30-29-24-15-7-9-17-28(24)36-31(29)34-32(33-30)35-26-16-8-6-14-23(26)25-18-21-12-4-5-13-22(21)19-27(25)35;1-2-10-20-18-26-23(17-19(20)9-1)21-11-3-5-14-25(21)35(26)31-33-29(24-13-7-8-16-32-24)28-22-12-4-6-15-27(22)36-30(28)34-31/h1-20H;3-20H,1-2H3;1-19H;1-18H. The molecule has 0 fully saturated rings. The predicted octanol–water partition coefficient (Wildman–Crippen LogP) is 33.4. The summed E-state index contributed by atoms with van der Waals surface area (Å²) in [5, 5.41) is 26.3. The van der Waals surface area contributed by atoms with Crippen LogP contribution in [0.15, 0.2) is 464 Å². The molecule has 14 heterocycles. The summed E-state index contributed by atoms with van der Waals surface area (Å²) in [7, 11) is 0. The number of pyridine rings is 3. The van der Waals surface area contributed by atoms with E-state index < -0.39 is 0 Å². The summed E-state index contributed by atoms with van der Waals surface area (Å²) in [6, 6.07) is 150. The van der Waals surface area contributed by atoms with Crippen molar-refractivity contribution in [3.63, 3.8) is 0 Å². The zero-order valence-corrected chi connectivity index (χ0v) is 81.6. The van der Waals surface area contributed by atoms with E-state index in [1.807, 2.05) is 122 Å². The van der Waals surface area contributed by atoms with E-state index in [0.29, 0.717) is 35.2 Å². The van der Waals surface area contributed by atoms with Gasteiger partial charge < -0.3 is 8.83 Å². The van der Waals surface area contributed by atoms with Crippen LogP contribution in [-0.2, 0) is 5.41 Å². The number of nitrogens with zero attached hydrogens (tertiary/aromatic N) is 15. The van der Waals surface area contributed by atoms with E-state index >= 15 is 0 Å². The topological polar surface area (TPSA) is 188 Å². The molecule has 0 radical (unpaired) electrons. The van der Waals surface area contributed by atoms with E-state index in [1.165, 1.54) is 96.6 Å². The Bertz CT molecular complexity index is 10900. The first kappa shape index (κ1) is 85.6. The van der Waals surface area contributed by atoms with Gasteiger partial charge in [0.2, 0.25) is 35.2 Å². The van der Waals surface area contributed by atoms with E-state index in [2.05, 4.69) is 381 Å². The van der Waals surface area contributed by atoms with Gasteiger partial charge in [-0.1, -0.05) is 311 Å². The van der Waals surface area contributed by atoms with Gasteiger partial charge in [0.25, 0.3) is 0 Å². The third-order valence-electron chi connectivity index (χ3n) is 29.8. The first-order valence-electron chi connectivity index (χ1n) is 50.1. The molecule has 0 saturated heterocycles. The molecule has 17 nitrogen and oxygen atoms in total. The Hall–Kier alpha value is -20.0. The van der Waals surface area contributed by atoms with Crippen molar-refractivity contribution in [2.75, 3.05) is 0 Å². The molecule has 0 atom stereocenters. The second-order valence-corrected chi connectivity index (χ2v) is 39.8. The van der Waals surface area contributed by atoms with Crippen LogP contribution in [0.25, 0.3) is 286 Å². The molecule has 0 aliphatic heterocycles. The number of fused-ring (bicyclic) bond motifs is 29. The summed E-state index contributed by atoms with van der Waals surface area (Å²) < 4.78 is 22.6. The van der Waals surface area contributed by atoms with Crippen molar-refractivity contribution in [1.29, 1.82) is 0 Å². The summed E-state index contributed by atoms with van der Waals surface area (Å²) in [6.07, 6.45) is 7.31. The van der Waals surface area contributed by atoms with Crippen LogP contribution in [0.5, 0.6) is 0 Å². The molecular weight excluding hydrogens is 1860 g/mol. The number of hydrogen-bond donors (Lipinski definition) is 0. The molecule has 702 valence electrons. The van der Waals surface area contributed by atoms with Gasteiger partial charge in [-0.3, -0.25) is 33.2 Å². The highest BCUT2D eigenvalue weighted by Gasteiger charge is 2.41. The predicted molar refractivity (Wildman–Crippen MR) is 613 cm³/mol. The summed E-state index contributed by atoms with van der Waals surface area (Å²) in [4.78, 5) is 56.1. The molecule has 32 aromatic rings. The maximum absolute atomic E-state index is 6.36. The third kappa shape index (κ3) is 13.7. The lowest BCUT2D eigenvalue weighted by atomic mass is 9.85. The average Bonchev–Trinajstić information content (AvgIpc) is 1.56. The Balaban J connectivity index is 0.0000000920. The van der Waals surface area contributed by atoms with Gasteiger partial charge in [0, 0.05) is 127 Å². The lowest BCUT2D eigenvalue weighted by Gasteiger charge is -2.21. The van der Waals surface area contributed by atoms with Gasteiger partial charge in [0.15, 0.2) is 0 Å². The fraction of sp³-hybridized carbons (Fsp3) is 0.0227. The minimum atomic E-state index is -0.253. The van der Waals surface area contributed by atoms with E-state index in [9.17, 15) is 0 Å². The Morgan fingerprint density at radius 1 is 0.247 bits per heavy atom. The number of furan rings is 2. The maximum Gasteiger partial charge on any atom is 0.238 e. The van der Waals surface area contributed by atoms with Gasteiger partial charge in [-0.15, -0.1) is 11.3 Å². The Morgan fingerprint density at radius 3 is 1.13 bits per heavy atom. The molecule has 14 aromatic heterocycles. The molecule has 150 heavy (non-hydrogen) atoms. The molecule has 0 N–H and O–H groups in total. The lowest BCUT2D eigenvalue weighted by molar-refractivity contribution is 0.632. The number of hydrogen-bond acceptors (Lipinski definition) is 14. The Kier molecular flexibility index (Phi) is 19.5. The lowest BCUT2D eigenvalue weighted by Crippen LogP contribution is -2.18. The Morgan fingerprint density at radius 2 is 0.633 bits per heavy atom. The van der Waals surface area contributed by atoms with Crippen LogP contribution in [0, 0.1) is 0 Å². The molecule has 0 bridgehead atoms. The molecule has 0 unspecified atom stereocenters. The summed E-state index contributed by atoms with van der Waals surface area (Å²) >= 11 is 1.70. The van der Waals surface area contributed by atoms with Crippen LogP contribution >= 0.6 is 11.3 Å². The minimum Gasteiger partial charge on any atom is -0.437 e. The van der Waals surface area contributed by atoms with E-state index in [0.717, 1.165) is 165 Å². The second-order valence-electron chi connectivity index (χ2n) is 38.7. The molecule has 18 heteroatoms. The van der Waals surface area contributed by atoms with Gasteiger partial charge in [-0.05, 0) is 188 Å². The van der Waals surface area contributed by atoms with Crippen molar-refractivity contribution in [1.82, 2.24) is 73.1 Å². The van der Waals surface area contributed by atoms with E-state index in [4.69, 9.17) is 48.7 Å². The summed E-state index contributed by atoms with van der Waals surface area (Å²) in [6.45, 7) is 4.54. The first-order valence-corrected chi connectivity index (χ1v) is 51.0. The minimum absolute atomic E-state index is 0.253. The van der Waals surface area contributed by atoms with E-state index in [1.54, 1.807) is 11.3 Å². The van der Waals surface area contributed by atoms with Gasteiger partial charge in [0.1, 0.15) is 21.7 Å². The van der Waals surface area contributed by atoms with Gasteiger partial charge in [-0.2, -0.15) is 9.97 Å². The number of benzene rings is 18. The zero-order chi connectivity index (χ0) is 98.9. The molecule has 1 aliphatic rings. The quantitative estimate of drug-likeness (QED) is 0.140. The van der Waals surface area contributed by atoms with Crippen LogP contribution in [-0.4, -0.2) is 73.1 Å². The Labute approximate surface area is 858 Å². The van der Waals surface area contributed by atoms with Crippen molar-refractivity contribution in [2.45, 2.75) is 19.3 Å². The monoisotopic (exact) mass is 1940 g/mol. The van der Waals surface area contributed by atoms with Gasteiger partial charge in [0.05, 0.1) is 88.9 Å². The largest absolute Gasteiger partial charge is 0.437 e. The van der Waals surface area contributed by atoms with Gasteiger partial charge >= 0.3 is 0 Å². The maximum atomic E-state index is 6.36. The number of thiophene rings is 1. The molecule has 0 saturated carbocycles. The van der Waals surface area contributed by atoms with Gasteiger partial charge in [-0.25, -0.2) is 29.9 Å². The van der Waals surface area contributed by atoms with Crippen LogP contribution < -0.4 is 0 Å². The fourth-order valence-corrected chi connectivity index (χ4v) is 24.0. The van der Waals surface area contributed by atoms with Crippen LogP contribution in [0.4, 0.5) is 0 Å². The van der Waals surface area contributed by atoms with Crippen molar-refractivity contribution >= 4 is 217 Å². The van der Waals surface area contributed by atoms with Crippen molar-refractivity contribution in [2.24, 2.45) is 0 Å².